The molecule has 1 aromatic carbocycles. The van der Waals surface area contributed by atoms with Crippen molar-refractivity contribution in [3.05, 3.63) is 41.4 Å². The number of anilines is 3. The number of carbonyl (C=O) groups excluding carboxylic acids is 1. The van der Waals surface area contributed by atoms with E-state index < -0.39 is 5.82 Å². The second-order valence-electron chi connectivity index (χ2n) is 8.27. The van der Waals surface area contributed by atoms with Crippen LogP contribution in [-0.2, 0) is 4.79 Å². The number of benzene rings is 1. The number of rotatable bonds is 6. The normalized spacial score (nSPS) is 22.0. The van der Waals surface area contributed by atoms with Crippen molar-refractivity contribution in [3.8, 4) is 0 Å². The fourth-order valence-corrected chi connectivity index (χ4v) is 4.40. The Kier molecular flexibility index (Phi) is 7.19. The minimum absolute atomic E-state index is 0.0540. The molecule has 2 aromatic rings. The smallest absolute Gasteiger partial charge is 0.223 e. The van der Waals surface area contributed by atoms with Crippen LogP contribution in [0.15, 0.2) is 30.6 Å². The number of nitrogens with zero attached hydrogens (tertiary/aromatic N) is 2. The van der Waals surface area contributed by atoms with E-state index in [2.05, 4.69) is 31.2 Å². The number of halogens is 2. The molecule has 31 heavy (non-hydrogen) atoms. The van der Waals surface area contributed by atoms with Crippen LogP contribution in [0.1, 0.15) is 38.5 Å². The maximum atomic E-state index is 13.3. The molecule has 1 amide bonds. The Morgan fingerprint density at radius 1 is 1.00 bits per heavy atom. The third-order valence-electron chi connectivity index (χ3n) is 5.99. The Bertz CT molecular complexity index is 899. The first-order valence-corrected chi connectivity index (χ1v) is 11.3. The third kappa shape index (κ3) is 6.04. The van der Waals surface area contributed by atoms with E-state index in [1.807, 2.05) is 6.07 Å². The first-order valence-electron chi connectivity index (χ1n) is 10.9. The SMILES string of the molecule is O=C(NC1CCNCC1)C1CCC(Nc2cc(Nc3ccc(F)c(Cl)c3)ncn2)CC1. The van der Waals surface area contributed by atoms with Gasteiger partial charge in [0.1, 0.15) is 23.8 Å². The van der Waals surface area contributed by atoms with Gasteiger partial charge in [-0.25, -0.2) is 14.4 Å². The first kappa shape index (κ1) is 21.8. The van der Waals surface area contributed by atoms with Gasteiger partial charge in [-0.15, -0.1) is 0 Å². The summed E-state index contributed by atoms with van der Waals surface area (Å²) in [5.74, 6) is 1.15. The van der Waals surface area contributed by atoms with E-state index in [1.54, 1.807) is 6.07 Å². The van der Waals surface area contributed by atoms with E-state index in [9.17, 15) is 9.18 Å². The molecule has 1 saturated carbocycles. The summed E-state index contributed by atoms with van der Waals surface area (Å²) < 4.78 is 13.3. The molecule has 7 nitrogen and oxygen atoms in total. The molecule has 2 aliphatic rings. The van der Waals surface area contributed by atoms with E-state index in [1.165, 1.54) is 18.5 Å². The minimum atomic E-state index is -0.461. The Hall–Kier alpha value is -2.45. The molecule has 1 aliphatic carbocycles. The number of hydrogen-bond donors (Lipinski definition) is 4. The van der Waals surface area contributed by atoms with Crippen LogP contribution in [0, 0.1) is 11.7 Å². The fourth-order valence-electron chi connectivity index (χ4n) is 4.22. The van der Waals surface area contributed by atoms with Crippen molar-refractivity contribution in [2.75, 3.05) is 23.7 Å². The molecular formula is C22H28ClFN6O. The molecule has 166 valence electrons. The lowest BCUT2D eigenvalue weighted by molar-refractivity contribution is -0.126. The summed E-state index contributed by atoms with van der Waals surface area (Å²) in [6.45, 7) is 1.96. The van der Waals surface area contributed by atoms with Crippen LogP contribution in [0.3, 0.4) is 0 Å². The zero-order valence-corrected chi connectivity index (χ0v) is 18.1. The Balaban J connectivity index is 1.27. The predicted octanol–water partition coefficient (Wildman–Crippen LogP) is 3.85. The van der Waals surface area contributed by atoms with Crippen molar-refractivity contribution in [2.24, 2.45) is 5.92 Å². The molecule has 9 heteroatoms. The Labute approximate surface area is 186 Å². The van der Waals surface area contributed by atoms with Crippen molar-refractivity contribution in [1.82, 2.24) is 20.6 Å². The van der Waals surface area contributed by atoms with Gasteiger partial charge < -0.3 is 21.3 Å². The highest BCUT2D eigenvalue weighted by Crippen LogP contribution is 2.28. The second-order valence-corrected chi connectivity index (χ2v) is 8.68. The minimum Gasteiger partial charge on any atom is -0.367 e. The molecule has 0 radical (unpaired) electrons. The topological polar surface area (TPSA) is 91.0 Å². The summed E-state index contributed by atoms with van der Waals surface area (Å²) in [6.07, 6.45) is 7.09. The van der Waals surface area contributed by atoms with Gasteiger partial charge >= 0.3 is 0 Å². The Morgan fingerprint density at radius 3 is 2.48 bits per heavy atom. The highest BCUT2D eigenvalue weighted by atomic mass is 35.5. The van der Waals surface area contributed by atoms with Crippen LogP contribution < -0.4 is 21.3 Å². The zero-order chi connectivity index (χ0) is 21.6. The summed E-state index contributed by atoms with van der Waals surface area (Å²) in [5.41, 5.74) is 0.649. The van der Waals surface area contributed by atoms with Crippen LogP contribution in [-0.4, -0.2) is 41.0 Å². The van der Waals surface area contributed by atoms with E-state index >= 15 is 0 Å². The molecule has 0 bridgehead atoms. The molecule has 4 rings (SSSR count). The molecule has 4 N–H and O–H groups in total. The van der Waals surface area contributed by atoms with Gasteiger partial charge in [0.2, 0.25) is 5.91 Å². The average molecular weight is 447 g/mol. The highest BCUT2D eigenvalue weighted by molar-refractivity contribution is 6.31. The molecule has 0 spiro atoms. The average Bonchev–Trinajstić information content (AvgIpc) is 2.78. The molecule has 0 atom stereocenters. The summed E-state index contributed by atoms with van der Waals surface area (Å²) in [5, 5.41) is 13.2. The molecule has 2 heterocycles. The van der Waals surface area contributed by atoms with Crippen molar-refractivity contribution < 1.29 is 9.18 Å². The zero-order valence-electron chi connectivity index (χ0n) is 17.3. The summed E-state index contributed by atoms with van der Waals surface area (Å²) in [4.78, 5) is 21.1. The third-order valence-corrected chi connectivity index (χ3v) is 6.28. The standard InChI is InChI=1S/C22H28ClFN6O/c23-18-11-17(5-6-19(18)24)29-21-12-20(26-13-27-21)28-15-3-1-14(2-4-15)22(31)30-16-7-9-25-10-8-16/h5-6,11-16,25H,1-4,7-10H2,(H,30,31)(H2,26,27,28,29). The van der Waals surface area contributed by atoms with Crippen LogP contribution in [0.25, 0.3) is 0 Å². The fraction of sp³-hybridized carbons (Fsp3) is 0.500. The number of piperidine rings is 1. The quantitative estimate of drug-likeness (QED) is 0.538. The lowest BCUT2D eigenvalue weighted by Crippen LogP contribution is -2.45. The van der Waals surface area contributed by atoms with Crippen LogP contribution in [0.5, 0.6) is 0 Å². The molecule has 1 aliphatic heterocycles. The van der Waals surface area contributed by atoms with E-state index in [4.69, 9.17) is 11.6 Å². The monoisotopic (exact) mass is 446 g/mol. The van der Waals surface area contributed by atoms with Gasteiger partial charge in [-0.1, -0.05) is 11.6 Å². The van der Waals surface area contributed by atoms with Crippen molar-refractivity contribution in [2.45, 2.75) is 50.6 Å². The van der Waals surface area contributed by atoms with Gasteiger partial charge in [-0.05, 0) is 69.8 Å². The van der Waals surface area contributed by atoms with E-state index in [0.29, 0.717) is 23.4 Å². The molecule has 1 aromatic heterocycles. The van der Waals surface area contributed by atoms with Crippen LogP contribution >= 0.6 is 11.6 Å². The summed E-state index contributed by atoms with van der Waals surface area (Å²) in [6, 6.07) is 6.82. The van der Waals surface area contributed by atoms with Gasteiger partial charge in [0, 0.05) is 29.8 Å². The maximum Gasteiger partial charge on any atom is 0.223 e. The number of nitrogens with one attached hydrogen (secondary N) is 4. The number of amides is 1. The van der Waals surface area contributed by atoms with Crippen molar-refractivity contribution >= 4 is 34.8 Å². The first-order chi connectivity index (χ1) is 15.1. The lowest BCUT2D eigenvalue weighted by atomic mass is 9.85. The Morgan fingerprint density at radius 2 is 1.74 bits per heavy atom. The van der Waals surface area contributed by atoms with Gasteiger partial charge in [-0.3, -0.25) is 4.79 Å². The van der Waals surface area contributed by atoms with Gasteiger partial charge in [0.05, 0.1) is 5.02 Å². The second kappa shape index (κ2) is 10.2. The highest BCUT2D eigenvalue weighted by Gasteiger charge is 2.28. The number of carbonyl (C=O) groups is 1. The van der Waals surface area contributed by atoms with Gasteiger partial charge in [-0.2, -0.15) is 0 Å². The van der Waals surface area contributed by atoms with Crippen LogP contribution in [0.4, 0.5) is 21.7 Å². The number of hydrogen-bond acceptors (Lipinski definition) is 6. The number of aromatic nitrogens is 2. The molecular weight excluding hydrogens is 419 g/mol. The van der Waals surface area contributed by atoms with Gasteiger partial charge in [0.15, 0.2) is 0 Å². The summed E-state index contributed by atoms with van der Waals surface area (Å²) in [7, 11) is 0. The predicted molar refractivity (Wildman–Crippen MR) is 120 cm³/mol. The molecule has 2 fully saturated rings. The van der Waals surface area contributed by atoms with E-state index in [-0.39, 0.29) is 22.9 Å². The molecule has 1 saturated heterocycles. The summed E-state index contributed by atoms with van der Waals surface area (Å²) >= 11 is 5.84. The van der Waals surface area contributed by atoms with Crippen molar-refractivity contribution in [1.29, 1.82) is 0 Å². The lowest BCUT2D eigenvalue weighted by Gasteiger charge is -2.31. The maximum absolute atomic E-state index is 13.3. The molecule has 0 unspecified atom stereocenters. The van der Waals surface area contributed by atoms with Crippen molar-refractivity contribution in [3.63, 3.8) is 0 Å². The van der Waals surface area contributed by atoms with Gasteiger partial charge in [0.25, 0.3) is 0 Å². The van der Waals surface area contributed by atoms with E-state index in [0.717, 1.165) is 51.6 Å². The largest absolute Gasteiger partial charge is 0.367 e. The van der Waals surface area contributed by atoms with Crippen LogP contribution in [0.2, 0.25) is 5.02 Å².